The summed E-state index contributed by atoms with van der Waals surface area (Å²) in [6.07, 6.45) is 1.63. The Labute approximate surface area is 101 Å². The van der Waals surface area contributed by atoms with Crippen LogP contribution in [0.3, 0.4) is 0 Å². The van der Waals surface area contributed by atoms with Crippen LogP contribution in [0, 0.1) is 0 Å². The molecule has 1 unspecified atom stereocenters. The van der Waals surface area contributed by atoms with Gasteiger partial charge >= 0.3 is 6.09 Å². The van der Waals surface area contributed by atoms with E-state index in [2.05, 4.69) is 5.32 Å². The molecule has 1 saturated carbocycles. The van der Waals surface area contributed by atoms with Gasteiger partial charge in [0, 0.05) is 0 Å². The minimum atomic E-state index is -0.459. The number of alkyl carbamates (subject to hydrolysis) is 1. The summed E-state index contributed by atoms with van der Waals surface area (Å²) in [4.78, 5) is 11.5. The molecule has 0 radical (unpaired) electrons. The molecule has 1 aliphatic rings. The Morgan fingerprint density at radius 1 is 1.35 bits per heavy atom. The molecule has 0 aromatic heterocycles. The van der Waals surface area contributed by atoms with Crippen LogP contribution in [0.15, 0.2) is 30.3 Å². The van der Waals surface area contributed by atoms with Crippen LogP contribution in [0.2, 0.25) is 0 Å². The zero-order valence-corrected chi connectivity index (χ0v) is 9.63. The van der Waals surface area contributed by atoms with Crippen LogP contribution in [0.1, 0.15) is 24.8 Å². The van der Waals surface area contributed by atoms with Crippen LogP contribution in [0.4, 0.5) is 4.79 Å². The van der Waals surface area contributed by atoms with Crippen LogP contribution >= 0.6 is 0 Å². The molecule has 0 aliphatic heterocycles. The third-order valence-corrected chi connectivity index (χ3v) is 3.00. The number of benzene rings is 1. The summed E-state index contributed by atoms with van der Waals surface area (Å²) >= 11 is 0. The van der Waals surface area contributed by atoms with Gasteiger partial charge in [-0.1, -0.05) is 30.3 Å². The average Bonchev–Trinajstić information content (AvgIpc) is 2.74. The Kier molecular flexibility index (Phi) is 3.98. The maximum Gasteiger partial charge on any atom is 0.407 e. The predicted molar refractivity (Wildman–Crippen MR) is 63.4 cm³/mol. The molecule has 92 valence electrons. The molecule has 1 fully saturated rings. The van der Waals surface area contributed by atoms with Crippen molar-refractivity contribution in [2.24, 2.45) is 0 Å². The molecule has 2 N–H and O–H groups in total. The van der Waals surface area contributed by atoms with Gasteiger partial charge in [0.1, 0.15) is 6.61 Å². The van der Waals surface area contributed by atoms with E-state index in [1.165, 1.54) is 0 Å². The lowest BCUT2D eigenvalue weighted by Gasteiger charge is -2.16. The zero-order valence-electron chi connectivity index (χ0n) is 9.63. The quantitative estimate of drug-likeness (QED) is 0.840. The van der Waals surface area contributed by atoms with E-state index in [1.54, 1.807) is 0 Å². The Morgan fingerprint density at radius 2 is 2.12 bits per heavy atom. The molecule has 2 atom stereocenters. The maximum absolute atomic E-state index is 11.5. The van der Waals surface area contributed by atoms with E-state index < -0.39 is 12.2 Å². The topological polar surface area (TPSA) is 58.6 Å². The standard InChI is InChI=1S/C13H17NO3/c15-12-8-4-7-11(12)14-13(16)17-9-10-5-2-1-3-6-10/h1-3,5-6,11-12,15H,4,7-9H2,(H,14,16)/t11?,12-/m0/s1. The van der Waals surface area contributed by atoms with Gasteiger partial charge in [0.05, 0.1) is 12.1 Å². The third kappa shape index (κ3) is 3.46. The zero-order chi connectivity index (χ0) is 12.1. The number of aliphatic hydroxyl groups excluding tert-OH is 1. The van der Waals surface area contributed by atoms with Gasteiger partial charge < -0.3 is 15.2 Å². The molecule has 0 heterocycles. The van der Waals surface area contributed by atoms with Gasteiger partial charge in [-0.3, -0.25) is 0 Å². The lowest BCUT2D eigenvalue weighted by molar-refractivity contribution is 0.113. The van der Waals surface area contributed by atoms with Crippen molar-refractivity contribution in [1.29, 1.82) is 0 Å². The van der Waals surface area contributed by atoms with Crippen molar-refractivity contribution in [2.75, 3.05) is 0 Å². The van der Waals surface area contributed by atoms with Gasteiger partial charge in [-0.05, 0) is 24.8 Å². The van der Waals surface area contributed by atoms with Crippen molar-refractivity contribution in [2.45, 2.75) is 38.0 Å². The van der Waals surface area contributed by atoms with Crippen molar-refractivity contribution in [1.82, 2.24) is 5.32 Å². The van der Waals surface area contributed by atoms with Gasteiger partial charge in [0.2, 0.25) is 0 Å². The second kappa shape index (κ2) is 5.68. The molecule has 1 aromatic carbocycles. The highest BCUT2D eigenvalue weighted by atomic mass is 16.5. The fraction of sp³-hybridized carbons (Fsp3) is 0.462. The number of carbonyl (C=O) groups excluding carboxylic acids is 1. The summed E-state index contributed by atoms with van der Waals surface area (Å²) < 4.78 is 5.08. The molecule has 0 saturated heterocycles. The number of ether oxygens (including phenoxy) is 1. The molecule has 4 nitrogen and oxygen atoms in total. The molecule has 2 rings (SSSR count). The number of nitrogens with one attached hydrogen (secondary N) is 1. The minimum Gasteiger partial charge on any atom is -0.445 e. The molecule has 1 aromatic rings. The number of amides is 1. The van der Waals surface area contributed by atoms with Gasteiger partial charge in [0.25, 0.3) is 0 Å². The summed E-state index contributed by atoms with van der Waals surface area (Å²) in [7, 11) is 0. The fourth-order valence-corrected chi connectivity index (χ4v) is 2.02. The van der Waals surface area contributed by atoms with Gasteiger partial charge in [-0.25, -0.2) is 4.79 Å². The molecule has 0 bridgehead atoms. The highest BCUT2D eigenvalue weighted by molar-refractivity contribution is 5.67. The lowest BCUT2D eigenvalue weighted by atomic mass is 10.2. The highest BCUT2D eigenvalue weighted by Gasteiger charge is 2.26. The number of hydrogen-bond donors (Lipinski definition) is 2. The first kappa shape index (κ1) is 11.9. The van der Waals surface area contributed by atoms with Gasteiger partial charge in [0.15, 0.2) is 0 Å². The number of rotatable bonds is 3. The normalized spacial score (nSPS) is 23.4. The summed E-state index contributed by atoms with van der Waals surface area (Å²) in [6.45, 7) is 0.259. The van der Waals surface area contributed by atoms with Crippen molar-refractivity contribution in [3.63, 3.8) is 0 Å². The molecule has 1 amide bonds. The lowest BCUT2D eigenvalue weighted by Crippen LogP contribution is -2.40. The third-order valence-electron chi connectivity index (χ3n) is 3.00. The van der Waals surface area contributed by atoms with Gasteiger partial charge in [-0.2, -0.15) is 0 Å². The second-order valence-corrected chi connectivity index (χ2v) is 4.31. The minimum absolute atomic E-state index is 0.154. The average molecular weight is 235 g/mol. The van der Waals surface area contributed by atoms with Crippen molar-refractivity contribution in [3.8, 4) is 0 Å². The first-order chi connectivity index (χ1) is 8.25. The van der Waals surface area contributed by atoms with E-state index in [0.29, 0.717) is 0 Å². The first-order valence-corrected chi connectivity index (χ1v) is 5.91. The van der Waals surface area contributed by atoms with E-state index in [9.17, 15) is 9.90 Å². The molecule has 1 aliphatic carbocycles. The van der Waals surface area contributed by atoms with E-state index >= 15 is 0 Å². The SMILES string of the molecule is O=C(NC1CCC[C@@H]1O)OCc1ccccc1. The van der Waals surface area contributed by atoms with Crippen LogP contribution in [-0.4, -0.2) is 23.3 Å². The molecule has 0 spiro atoms. The van der Waals surface area contributed by atoms with E-state index in [1.807, 2.05) is 30.3 Å². The summed E-state index contributed by atoms with van der Waals surface area (Å²) in [6, 6.07) is 9.36. The van der Waals surface area contributed by atoms with Crippen LogP contribution < -0.4 is 5.32 Å². The first-order valence-electron chi connectivity index (χ1n) is 5.91. The van der Waals surface area contributed by atoms with Crippen LogP contribution in [0.5, 0.6) is 0 Å². The summed E-state index contributed by atoms with van der Waals surface area (Å²) in [5.74, 6) is 0. The second-order valence-electron chi connectivity index (χ2n) is 4.31. The Balaban J connectivity index is 1.74. The van der Waals surface area contributed by atoms with Crippen molar-refractivity contribution >= 4 is 6.09 Å². The summed E-state index contributed by atoms with van der Waals surface area (Å²) in [5.41, 5.74) is 0.953. The molecule has 17 heavy (non-hydrogen) atoms. The van der Waals surface area contributed by atoms with E-state index in [-0.39, 0.29) is 12.6 Å². The van der Waals surface area contributed by atoms with Crippen LogP contribution in [0.25, 0.3) is 0 Å². The Morgan fingerprint density at radius 3 is 2.76 bits per heavy atom. The number of carbonyl (C=O) groups is 1. The van der Waals surface area contributed by atoms with Crippen molar-refractivity contribution < 1.29 is 14.6 Å². The van der Waals surface area contributed by atoms with E-state index in [0.717, 1.165) is 24.8 Å². The molecular weight excluding hydrogens is 218 g/mol. The predicted octanol–water partition coefficient (Wildman–Crippen LogP) is 1.83. The summed E-state index contributed by atoms with van der Waals surface area (Å²) in [5, 5.41) is 12.2. The smallest absolute Gasteiger partial charge is 0.407 e. The van der Waals surface area contributed by atoms with E-state index in [4.69, 9.17) is 4.74 Å². The molecular formula is C13H17NO3. The maximum atomic E-state index is 11.5. The van der Waals surface area contributed by atoms with Crippen LogP contribution in [-0.2, 0) is 11.3 Å². The Bertz CT molecular complexity index is 366. The number of hydrogen-bond acceptors (Lipinski definition) is 3. The number of aliphatic hydroxyl groups is 1. The highest BCUT2D eigenvalue weighted by Crippen LogP contribution is 2.18. The largest absolute Gasteiger partial charge is 0.445 e. The van der Waals surface area contributed by atoms with Crippen molar-refractivity contribution in [3.05, 3.63) is 35.9 Å². The monoisotopic (exact) mass is 235 g/mol. The fourth-order valence-electron chi connectivity index (χ4n) is 2.02. The molecule has 4 heteroatoms. The Hall–Kier alpha value is -1.55. The van der Waals surface area contributed by atoms with Gasteiger partial charge in [-0.15, -0.1) is 0 Å².